The minimum atomic E-state index is 0.464. The predicted molar refractivity (Wildman–Crippen MR) is 65.2 cm³/mol. The van der Waals surface area contributed by atoms with E-state index >= 15 is 0 Å². The summed E-state index contributed by atoms with van der Waals surface area (Å²) in [6.07, 6.45) is 2.33. The van der Waals surface area contributed by atoms with Crippen LogP contribution < -0.4 is 11.1 Å². The summed E-state index contributed by atoms with van der Waals surface area (Å²) in [7, 11) is 0. The van der Waals surface area contributed by atoms with Crippen molar-refractivity contribution in [3.05, 3.63) is 12.1 Å². The number of rotatable bonds is 3. The number of aromatic nitrogens is 2. The molecule has 0 aromatic carbocycles. The minimum Gasteiger partial charge on any atom is -0.382 e. The second kappa shape index (κ2) is 5.12. The molecule has 0 aliphatic carbocycles. The Labute approximate surface area is 96.0 Å². The fourth-order valence-electron chi connectivity index (χ4n) is 2.02. The van der Waals surface area contributed by atoms with E-state index in [1.165, 1.54) is 12.8 Å². The van der Waals surface area contributed by atoms with Crippen LogP contribution in [0.4, 0.5) is 11.6 Å². The molecule has 1 aliphatic heterocycles. The summed E-state index contributed by atoms with van der Waals surface area (Å²) >= 11 is 0. The monoisotopic (exact) mass is 221 g/mol. The molecule has 1 aliphatic rings. The van der Waals surface area contributed by atoms with E-state index in [0.29, 0.717) is 11.9 Å². The van der Waals surface area contributed by atoms with Gasteiger partial charge in [0.25, 0.3) is 0 Å². The van der Waals surface area contributed by atoms with Gasteiger partial charge < -0.3 is 16.0 Å². The van der Waals surface area contributed by atoms with Crippen LogP contribution in [0.1, 0.15) is 19.8 Å². The molecule has 0 radical (unpaired) electrons. The van der Waals surface area contributed by atoms with E-state index in [2.05, 4.69) is 27.3 Å². The molecule has 3 N–H and O–H groups in total. The Morgan fingerprint density at radius 3 is 2.69 bits per heavy atom. The van der Waals surface area contributed by atoms with Crippen molar-refractivity contribution in [2.45, 2.75) is 25.8 Å². The summed E-state index contributed by atoms with van der Waals surface area (Å²) in [6, 6.07) is 4.17. The van der Waals surface area contributed by atoms with Crippen molar-refractivity contribution in [1.82, 2.24) is 15.1 Å². The average Bonchev–Trinajstić information content (AvgIpc) is 2.33. The standard InChI is InChI=1S/C11H19N5/c1-2-16-7-5-9(6-8-16)13-11-4-3-10(12)14-15-11/h3-4,9H,2,5-8H2,1H3,(H2,12,14)(H,13,15). The van der Waals surface area contributed by atoms with Gasteiger partial charge in [0.2, 0.25) is 0 Å². The Morgan fingerprint density at radius 1 is 1.38 bits per heavy atom. The molecular weight excluding hydrogens is 202 g/mol. The van der Waals surface area contributed by atoms with Gasteiger partial charge in [-0.15, -0.1) is 10.2 Å². The summed E-state index contributed by atoms with van der Waals surface area (Å²) in [5, 5.41) is 11.2. The highest BCUT2D eigenvalue weighted by Gasteiger charge is 2.17. The zero-order valence-electron chi connectivity index (χ0n) is 9.69. The van der Waals surface area contributed by atoms with E-state index < -0.39 is 0 Å². The second-order valence-corrected chi connectivity index (χ2v) is 4.20. The molecule has 88 valence electrons. The highest BCUT2D eigenvalue weighted by molar-refractivity contribution is 5.39. The van der Waals surface area contributed by atoms with E-state index in [0.717, 1.165) is 25.5 Å². The first-order valence-electron chi connectivity index (χ1n) is 5.86. The lowest BCUT2D eigenvalue weighted by molar-refractivity contribution is 0.229. The fourth-order valence-corrected chi connectivity index (χ4v) is 2.02. The van der Waals surface area contributed by atoms with Crippen molar-refractivity contribution in [2.24, 2.45) is 0 Å². The molecule has 2 heterocycles. The lowest BCUT2D eigenvalue weighted by Gasteiger charge is -2.31. The maximum absolute atomic E-state index is 5.49. The smallest absolute Gasteiger partial charge is 0.149 e. The number of piperidine rings is 1. The number of nitrogen functional groups attached to an aromatic ring is 1. The van der Waals surface area contributed by atoms with Crippen molar-refractivity contribution in [2.75, 3.05) is 30.7 Å². The number of hydrogen-bond acceptors (Lipinski definition) is 5. The van der Waals surface area contributed by atoms with Crippen molar-refractivity contribution in [3.8, 4) is 0 Å². The molecule has 0 bridgehead atoms. The van der Waals surface area contributed by atoms with Gasteiger partial charge in [0, 0.05) is 19.1 Å². The molecule has 1 aromatic heterocycles. The number of nitrogens with zero attached hydrogens (tertiary/aromatic N) is 3. The van der Waals surface area contributed by atoms with Crippen molar-refractivity contribution < 1.29 is 0 Å². The minimum absolute atomic E-state index is 0.464. The molecule has 1 fully saturated rings. The SMILES string of the molecule is CCN1CCC(Nc2ccc(N)nn2)CC1. The van der Waals surface area contributed by atoms with E-state index in [1.807, 2.05) is 6.07 Å². The molecule has 0 atom stereocenters. The van der Waals surface area contributed by atoms with E-state index in [-0.39, 0.29) is 0 Å². The van der Waals surface area contributed by atoms with Crippen LogP contribution in [0.3, 0.4) is 0 Å². The molecule has 5 heteroatoms. The van der Waals surface area contributed by atoms with Gasteiger partial charge >= 0.3 is 0 Å². The quantitative estimate of drug-likeness (QED) is 0.795. The lowest BCUT2D eigenvalue weighted by atomic mass is 10.1. The first kappa shape index (κ1) is 11.1. The van der Waals surface area contributed by atoms with Gasteiger partial charge in [0.15, 0.2) is 0 Å². The number of likely N-dealkylation sites (tertiary alicyclic amines) is 1. The van der Waals surface area contributed by atoms with Crippen molar-refractivity contribution in [3.63, 3.8) is 0 Å². The Balaban J connectivity index is 1.84. The van der Waals surface area contributed by atoms with Gasteiger partial charge in [-0.1, -0.05) is 6.92 Å². The Kier molecular flexibility index (Phi) is 3.56. The molecule has 0 amide bonds. The number of nitrogens with one attached hydrogen (secondary N) is 1. The van der Waals surface area contributed by atoms with Gasteiger partial charge in [0.05, 0.1) is 0 Å². The second-order valence-electron chi connectivity index (χ2n) is 4.20. The third kappa shape index (κ3) is 2.82. The highest BCUT2D eigenvalue weighted by atomic mass is 15.2. The summed E-state index contributed by atoms with van der Waals surface area (Å²) in [4.78, 5) is 2.47. The third-order valence-corrected chi connectivity index (χ3v) is 3.07. The molecule has 0 spiro atoms. The van der Waals surface area contributed by atoms with Gasteiger partial charge in [-0.3, -0.25) is 0 Å². The molecule has 16 heavy (non-hydrogen) atoms. The Bertz CT molecular complexity index is 316. The molecule has 1 aromatic rings. The Morgan fingerprint density at radius 2 is 2.12 bits per heavy atom. The van der Waals surface area contributed by atoms with Crippen molar-refractivity contribution in [1.29, 1.82) is 0 Å². The predicted octanol–water partition coefficient (Wildman–Crippen LogP) is 0.955. The number of hydrogen-bond donors (Lipinski definition) is 2. The molecule has 0 saturated carbocycles. The third-order valence-electron chi connectivity index (χ3n) is 3.07. The zero-order valence-corrected chi connectivity index (χ0v) is 9.69. The summed E-state index contributed by atoms with van der Waals surface area (Å²) in [6.45, 7) is 5.68. The van der Waals surface area contributed by atoms with Crippen LogP contribution in [0, 0.1) is 0 Å². The van der Waals surface area contributed by atoms with Gasteiger partial charge in [0.1, 0.15) is 11.6 Å². The maximum atomic E-state index is 5.49. The Hall–Kier alpha value is -1.36. The van der Waals surface area contributed by atoms with E-state index in [9.17, 15) is 0 Å². The average molecular weight is 221 g/mol. The normalized spacial score (nSPS) is 18.6. The van der Waals surface area contributed by atoms with Crippen LogP contribution in [-0.4, -0.2) is 40.8 Å². The first-order chi connectivity index (χ1) is 7.78. The molecule has 2 rings (SSSR count). The van der Waals surface area contributed by atoms with Gasteiger partial charge in [-0.2, -0.15) is 0 Å². The van der Waals surface area contributed by atoms with E-state index in [4.69, 9.17) is 5.73 Å². The molecule has 1 saturated heterocycles. The summed E-state index contributed by atoms with van der Waals surface area (Å²) < 4.78 is 0. The van der Waals surface area contributed by atoms with Crippen LogP contribution in [0.2, 0.25) is 0 Å². The van der Waals surface area contributed by atoms with Crippen LogP contribution in [0.5, 0.6) is 0 Å². The van der Waals surface area contributed by atoms with Gasteiger partial charge in [-0.25, -0.2) is 0 Å². The number of anilines is 2. The molecule has 0 unspecified atom stereocenters. The van der Waals surface area contributed by atoms with Crippen LogP contribution in [0.25, 0.3) is 0 Å². The van der Waals surface area contributed by atoms with E-state index in [1.54, 1.807) is 6.07 Å². The fraction of sp³-hybridized carbons (Fsp3) is 0.636. The maximum Gasteiger partial charge on any atom is 0.149 e. The van der Waals surface area contributed by atoms with Crippen LogP contribution in [-0.2, 0) is 0 Å². The summed E-state index contributed by atoms with van der Waals surface area (Å²) in [5.41, 5.74) is 5.49. The van der Waals surface area contributed by atoms with Crippen LogP contribution in [0.15, 0.2) is 12.1 Å². The lowest BCUT2D eigenvalue weighted by Crippen LogP contribution is -2.39. The molecular formula is C11H19N5. The van der Waals surface area contributed by atoms with Crippen molar-refractivity contribution >= 4 is 11.6 Å². The highest BCUT2D eigenvalue weighted by Crippen LogP contribution is 2.14. The number of nitrogens with two attached hydrogens (primary N) is 1. The zero-order chi connectivity index (χ0) is 11.4. The topological polar surface area (TPSA) is 67.1 Å². The van der Waals surface area contributed by atoms with Gasteiger partial charge in [-0.05, 0) is 31.5 Å². The first-order valence-corrected chi connectivity index (χ1v) is 5.86. The molecule has 5 nitrogen and oxygen atoms in total. The summed E-state index contributed by atoms with van der Waals surface area (Å²) in [5.74, 6) is 1.29. The largest absolute Gasteiger partial charge is 0.382 e. The van der Waals surface area contributed by atoms with Crippen LogP contribution >= 0.6 is 0 Å².